The summed E-state index contributed by atoms with van der Waals surface area (Å²) in [4.78, 5) is 47.5. The number of ether oxygens (including phenoxy) is 2. The first-order valence-electron chi connectivity index (χ1n) is 10.9. The van der Waals surface area contributed by atoms with Gasteiger partial charge in [-0.3, -0.25) is 14.4 Å². The Hall–Kier alpha value is -3.14. The standard InChI is InChI=1S/C23H35N3O7/c1-13(2)21(25-15(5)6)22(30)24-10-19(27)26-17-8-7-16(11-33-23(31)14(3)4)9-18(17)32-12-20(28)29/h7-9,13-15,21,25H,10-12H2,1-6H3,(H,24,30)(H,26,27)(H,28,29). The van der Waals surface area contributed by atoms with Gasteiger partial charge in [-0.15, -0.1) is 0 Å². The third kappa shape index (κ3) is 10.3. The smallest absolute Gasteiger partial charge is 0.341 e. The van der Waals surface area contributed by atoms with E-state index in [9.17, 15) is 19.2 Å². The summed E-state index contributed by atoms with van der Waals surface area (Å²) in [7, 11) is 0. The van der Waals surface area contributed by atoms with E-state index in [2.05, 4.69) is 16.0 Å². The topological polar surface area (TPSA) is 143 Å². The normalized spacial score (nSPS) is 11.9. The van der Waals surface area contributed by atoms with Crippen molar-refractivity contribution in [3.05, 3.63) is 23.8 Å². The van der Waals surface area contributed by atoms with Crippen LogP contribution in [0.4, 0.5) is 5.69 Å². The number of carbonyl (C=O) groups is 4. The van der Waals surface area contributed by atoms with E-state index in [1.54, 1.807) is 19.9 Å². The zero-order valence-corrected chi connectivity index (χ0v) is 20.1. The molecule has 0 fully saturated rings. The minimum atomic E-state index is -1.19. The molecule has 0 aliphatic heterocycles. The molecule has 1 rings (SSSR count). The minimum absolute atomic E-state index is 0.0236. The fourth-order valence-corrected chi connectivity index (χ4v) is 2.74. The first-order valence-corrected chi connectivity index (χ1v) is 10.9. The molecule has 10 heteroatoms. The van der Waals surface area contributed by atoms with E-state index in [4.69, 9.17) is 14.6 Å². The van der Waals surface area contributed by atoms with Crippen molar-refractivity contribution in [1.82, 2.24) is 10.6 Å². The number of amides is 2. The predicted octanol–water partition coefficient (Wildman–Crippen LogP) is 1.93. The van der Waals surface area contributed by atoms with E-state index < -0.39 is 24.5 Å². The molecule has 1 aromatic carbocycles. The minimum Gasteiger partial charge on any atom is -0.480 e. The molecule has 0 saturated carbocycles. The van der Waals surface area contributed by atoms with Gasteiger partial charge in [0.15, 0.2) is 6.61 Å². The van der Waals surface area contributed by atoms with E-state index in [0.717, 1.165) is 0 Å². The van der Waals surface area contributed by atoms with E-state index in [0.29, 0.717) is 5.56 Å². The highest BCUT2D eigenvalue weighted by Gasteiger charge is 2.23. The van der Waals surface area contributed by atoms with Crippen LogP contribution in [0, 0.1) is 11.8 Å². The number of esters is 1. The number of carbonyl (C=O) groups excluding carboxylic acids is 3. The quantitative estimate of drug-likeness (QED) is 0.324. The molecule has 0 heterocycles. The van der Waals surface area contributed by atoms with Gasteiger partial charge in [0.05, 0.1) is 24.2 Å². The number of nitrogens with one attached hydrogen (secondary N) is 3. The molecule has 1 aromatic rings. The number of carboxylic acids is 1. The summed E-state index contributed by atoms with van der Waals surface area (Å²) >= 11 is 0. The Morgan fingerprint density at radius 2 is 1.70 bits per heavy atom. The molecule has 10 nitrogen and oxygen atoms in total. The Labute approximate surface area is 194 Å². The number of benzene rings is 1. The van der Waals surface area contributed by atoms with Gasteiger partial charge in [0.2, 0.25) is 11.8 Å². The molecule has 0 radical (unpaired) electrons. The van der Waals surface area contributed by atoms with Gasteiger partial charge in [0, 0.05) is 6.04 Å². The summed E-state index contributed by atoms with van der Waals surface area (Å²) in [6, 6.07) is 4.29. The van der Waals surface area contributed by atoms with Crippen LogP contribution in [0.25, 0.3) is 0 Å². The fraction of sp³-hybridized carbons (Fsp3) is 0.565. The van der Waals surface area contributed by atoms with Crippen molar-refractivity contribution in [3.8, 4) is 5.75 Å². The highest BCUT2D eigenvalue weighted by molar-refractivity contribution is 5.96. The number of carboxylic acid groups (broad SMARTS) is 1. The van der Waals surface area contributed by atoms with Crippen LogP contribution in [-0.4, -0.2) is 54.1 Å². The Kier molecular flexibility index (Phi) is 11.3. The zero-order chi connectivity index (χ0) is 25.1. The average molecular weight is 466 g/mol. The van der Waals surface area contributed by atoms with Gasteiger partial charge < -0.3 is 30.5 Å². The van der Waals surface area contributed by atoms with E-state index in [1.165, 1.54) is 12.1 Å². The molecular weight excluding hydrogens is 430 g/mol. The number of hydrogen-bond acceptors (Lipinski definition) is 7. The molecule has 33 heavy (non-hydrogen) atoms. The maximum Gasteiger partial charge on any atom is 0.341 e. The SMILES string of the molecule is CC(C)NC(C(=O)NCC(=O)Nc1ccc(COC(=O)C(C)C)cc1OCC(=O)O)C(C)C. The number of aliphatic carboxylic acids is 1. The van der Waals surface area contributed by atoms with Crippen LogP contribution in [0.15, 0.2) is 18.2 Å². The van der Waals surface area contributed by atoms with Crippen LogP contribution < -0.4 is 20.7 Å². The fourth-order valence-electron chi connectivity index (χ4n) is 2.74. The number of hydrogen-bond donors (Lipinski definition) is 4. The van der Waals surface area contributed by atoms with Gasteiger partial charge in [-0.25, -0.2) is 4.79 Å². The Balaban J connectivity index is 2.84. The van der Waals surface area contributed by atoms with Crippen molar-refractivity contribution in [2.24, 2.45) is 11.8 Å². The third-order valence-corrected chi connectivity index (χ3v) is 4.41. The molecule has 0 aromatic heterocycles. The van der Waals surface area contributed by atoms with Crippen LogP contribution in [0.5, 0.6) is 5.75 Å². The molecule has 2 amide bonds. The highest BCUT2D eigenvalue weighted by Crippen LogP contribution is 2.26. The van der Waals surface area contributed by atoms with Crippen LogP contribution in [-0.2, 0) is 30.5 Å². The molecular formula is C23H35N3O7. The van der Waals surface area contributed by atoms with E-state index in [-0.39, 0.29) is 54.3 Å². The lowest BCUT2D eigenvalue weighted by Gasteiger charge is -2.23. The molecule has 0 aliphatic carbocycles. The molecule has 0 aliphatic rings. The van der Waals surface area contributed by atoms with Crippen molar-refractivity contribution >= 4 is 29.4 Å². The number of anilines is 1. The average Bonchev–Trinajstić information content (AvgIpc) is 2.73. The summed E-state index contributed by atoms with van der Waals surface area (Å²) < 4.78 is 10.5. The maximum absolute atomic E-state index is 12.5. The van der Waals surface area contributed by atoms with Crippen LogP contribution >= 0.6 is 0 Å². The van der Waals surface area contributed by atoms with Gasteiger partial charge in [-0.1, -0.05) is 47.6 Å². The summed E-state index contributed by atoms with van der Waals surface area (Å²) in [5.74, 6) is -2.50. The molecule has 184 valence electrons. The van der Waals surface area contributed by atoms with Gasteiger partial charge in [-0.05, 0) is 23.6 Å². The lowest BCUT2D eigenvalue weighted by atomic mass is 10.0. The van der Waals surface area contributed by atoms with E-state index in [1.807, 2.05) is 27.7 Å². The zero-order valence-electron chi connectivity index (χ0n) is 20.1. The Morgan fingerprint density at radius 1 is 1.03 bits per heavy atom. The summed E-state index contributed by atoms with van der Waals surface area (Å²) in [5, 5.41) is 17.3. The third-order valence-electron chi connectivity index (χ3n) is 4.41. The molecule has 0 bridgehead atoms. The van der Waals surface area contributed by atoms with Crippen molar-refractivity contribution in [2.75, 3.05) is 18.5 Å². The second-order valence-corrected chi connectivity index (χ2v) is 8.58. The monoisotopic (exact) mass is 465 g/mol. The number of rotatable bonds is 13. The summed E-state index contributed by atoms with van der Waals surface area (Å²) in [6.45, 7) is 10.2. The van der Waals surface area contributed by atoms with Gasteiger partial charge in [0.1, 0.15) is 12.4 Å². The lowest BCUT2D eigenvalue weighted by Crippen LogP contribution is -2.51. The van der Waals surface area contributed by atoms with Crippen LogP contribution in [0.3, 0.4) is 0 Å². The van der Waals surface area contributed by atoms with Gasteiger partial charge in [-0.2, -0.15) is 0 Å². The maximum atomic E-state index is 12.5. The second-order valence-electron chi connectivity index (χ2n) is 8.58. The van der Waals surface area contributed by atoms with Crippen LogP contribution in [0.2, 0.25) is 0 Å². The first kappa shape index (κ1) is 27.9. The Bertz CT molecular complexity index is 837. The largest absolute Gasteiger partial charge is 0.480 e. The van der Waals surface area contributed by atoms with Crippen molar-refractivity contribution in [3.63, 3.8) is 0 Å². The molecule has 0 spiro atoms. The Morgan fingerprint density at radius 3 is 2.24 bits per heavy atom. The summed E-state index contributed by atoms with van der Waals surface area (Å²) in [5.41, 5.74) is 0.797. The van der Waals surface area contributed by atoms with Gasteiger partial charge >= 0.3 is 11.9 Å². The summed E-state index contributed by atoms with van der Waals surface area (Å²) in [6.07, 6.45) is 0. The van der Waals surface area contributed by atoms with Crippen molar-refractivity contribution in [2.45, 2.75) is 60.2 Å². The lowest BCUT2D eigenvalue weighted by molar-refractivity contribution is -0.148. The predicted molar refractivity (Wildman–Crippen MR) is 123 cm³/mol. The first-order chi connectivity index (χ1) is 15.4. The van der Waals surface area contributed by atoms with Crippen molar-refractivity contribution in [1.29, 1.82) is 0 Å². The van der Waals surface area contributed by atoms with E-state index >= 15 is 0 Å². The van der Waals surface area contributed by atoms with Crippen LogP contribution in [0.1, 0.15) is 47.1 Å². The van der Waals surface area contributed by atoms with Crippen molar-refractivity contribution < 1.29 is 33.8 Å². The highest BCUT2D eigenvalue weighted by atomic mass is 16.5. The second kappa shape index (κ2) is 13.4. The molecule has 1 unspecified atom stereocenters. The van der Waals surface area contributed by atoms with Gasteiger partial charge in [0.25, 0.3) is 0 Å². The molecule has 1 atom stereocenters. The molecule has 4 N–H and O–H groups in total. The molecule has 0 saturated heterocycles.